The Kier molecular flexibility index (Phi) is 6.12. The summed E-state index contributed by atoms with van der Waals surface area (Å²) in [5.74, 6) is -0.497. The Hall–Kier alpha value is -2.81. The van der Waals surface area contributed by atoms with Gasteiger partial charge in [0, 0.05) is 15.5 Å². The van der Waals surface area contributed by atoms with E-state index in [9.17, 15) is 10.1 Å². The second kappa shape index (κ2) is 8.72. The molecule has 0 atom stereocenters. The second-order valence-electron chi connectivity index (χ2n) is 5.49. The lowest BCUT2D eigenvalue weighted by molar-refractivity contribution is 0.0526. The molecule has 0 saturated heterocycles. The van der Waals surface area contributed by atoms with E-state index >= 15 is 0 Å². The van der Waals surface area contributed by atoms with Gasteiger partial charge in [-0.1, -0.05) is 53.7 Å². The molecule has 0 fully saturated rings. The van der Waals surface area contributed by atoms with Crippen molar-refractivity contribution < 1.29 is 9.53 Å². The second-order valence-corrected chi connectivity index (χ2v) is 6.99. The molecule has 0 unspecified atom stereocenters. The van der Waals surface area contributed by atoms with E-state index < -0.39 is 5.97 Å². The van der Waals surface area contributed by atoms with Crippen molar-refractivity contribution in [2.45, 2.75) is 16.8 Å². The number of aromatic nitrogens is 1. The number of nitrogens with zero attached hydrogens (tertiary/aromatic N) is 2. The molecule has 134 valence electrons. The number of benzene rings is 2. The fourth-order valence-corrected chi connectivity index (χ4v) is 3.42. The van der Waals surface area contributed by atoms with E-state index in [1.807, 2.05) is 42.5 Å². The van der Waals surface area contributed by atoms with Gasteiger partial charge >= 0.3 is 5.97 Å². The first-order chi connectivity index (χ1) is 13.1. The minimum Gasteiger partial charge on any atom is -0.462 e. The van der Waals surface area contributed by atoms with E-state index in [4.69, 9.17) is 16.3 Å². The van der Waals surface area contributed by atoms with Crippen molar-refractivity contribution in [1.29, 1.82) is 5.26 Å². The quantitative estimate of drug-likeness (QED) is 0.527. The van der Waals surface area contributed by atoms with Gasteiger partial charge in [-0.3, -0.25) is 0 Å². The molecule has 0 spiro atoms. The third kappa shape index (κ3) is 4.48. The van der Waals surface area contributed by atoms with E-state index in [0.29, 0.717) is 21.3 Å². The lowest BCUT2D eigenvalue weighted by atomic mass is 10.0. The van der Waals surface area contributed by atoms with Gasteiger partial charge in [-0.25, -0.2) is 9.78 Å². The zero-order valence-corrected chi connectivity index (χ0v) is 16.1. The van der Waals surface area contributed by atoms with Crippen LogP contribution in [0.3, 0.4) is 0 Å². The predicted molar refractivity (Wildman–Crippen MR) is 106 cm³/mol. The molecule has 0 radical (unpaired) electrons. The van der Waals surface area contributed by atoms with Crippen molar-refractivity contribution in [3.05, 3.63) is 76.8 Å². The molecule has 0 aliphatic rings. The third-order valence-electron chi connectivity index (χ3n) is 3.68. The van der Waals surface area contributed by atoms with Gasteiger partial charge in [-0.15, -0.1) is 0 Å². The maximum atomic E-state index is 12.4. The van der Waals surface area contributed by atoms with Crippen LogP contribution in [0.15, 0.2) is 70.6 Å². The summed E-state index contributed by atoms with van der Waals surface area (Å²) < 4.78 is 5.15. The summed E-state index contributed by atoms with van der Waals surface area (Å²) in [7, 11) is 0. The van der Waals surface area contributed by atoms with Crippen LogP contribution in [-0.4, -0.2) is 17.6 Å². The molecule has 3 rings (SSSR count). The fourth-order valence-electron chi connectivity index (χ4n) is 2.45. The molecule has 2 aromatic carbocycles. The van der Waals surface area contributed by atoms with Crippen LogP contribution >= 0.6 is 23.4 Å². The van der Waals surface area contributed by atoms with E-state index in [1.165, 1.54) is 11.8 Å². The standard InChI is InChI=1S/C21H15ClN2O2S/c1-2-26-21(25)18-12-15(13-23)20(27-17-10-8-16(22)9-11-17)24-19(18)14-6-4-3-5-7-14/h3-12H,2H2,1H3. The van der Waals surface area contributed by atoms with Gasteiger partial charge in [0.1, 0.15) is 11.1 Å². The number of hydrogen-bond donors (Lipinski definition) is 0. The maximum Gasteiger partial charge on any atom is 0.340 e. The average molecular weight is 395 g/mol. The molecule has 0 amide bonds. The molecule has 6 heteroatoms. The number of hydrogen-bond acceptors (Lipinski definition) is 5. The van der Waals surface area contributed by atoms with Crippen molar-refractivity contribution >= 4 is 29.3 Å². The lowest BCUT2D eigenvalue weighted by Crippen LogP contribution is -2.09. The first-order valence-electron chi connectivity index (χ1n) is 8.23. The van der Waals surface area contributed by atoms with Gasteiger partial charge in [0.25, 0.3) is 0 Å². The summed E-state index contributed by atoms with van der Waals surface area (Å²) in [5.41, 5.74) is 1.87. The molecule has 1 heterocycles. The number of pyridine rings is 1. The molecule has 0 bridgehead atoms. The molecular weight excluding hydrogens is 380 g/mol. The molecule has 27 heavy (non-hydrogen) atoms. The van der Waals surface area contributed by atoms with Gasteiger partial charge in [0.05, 0.1) is 23.4 Å². The summed E-state index contributed by atoms with van der Waals surface area (Å²) in [6, 6.07) is 20.3. The van der Waals surface area contributed by atoms with E-state index in [0.717, 1.165) is 10.5 Å². The maximum absolute atomic E-state index is 12.4. The number of esters is 1. The summed E-state index contributed by atoms with van der Waals surface area (Å²) >= 11 is 7.28. The first-order valence-corrected chi connectivity index (χ1v) is 9.43. The highest BCUT2D eigenvalue weighted by molar-refractivity contribution is 7.99. The van der Waals surface area contributed by atoms with Crippen molar-refractivity contribution in [2.24, 2.45) is 0 Å². The molecule has 4 nitrogen and oxygen atoms in total. The zero-order chi connectivity index (χ0) is 19.2. The minimum absolute atomic E-state index is 0.246. The Balaban J connectivity index is 2.12. The van der Waals surface area contributed by atoms with Crippen LogP contribution in [0.1, 0.15) is 22.8 Å². The SMILES string of the molecule is CCOC(=O)c1cc(C#N)c(Sc2ccc(Cl)cc2)nc1-c1ccccc1. The van der Waals surface area contributed by atoms with Crippen LogP contribution < -0.4 is 0 Å². The highest BCUT2D eigenvalue weighted by atomic mass is 35.5. The number of carbonyl (C=O) groups excluding carboxylic acids is 1. The van der Waals surface area contributed by atoms with Gasteiger partial charge in [0.2, 0.25) is 0 Å². The summed E-state index contributed by atoms with van der Waals surface area (Å²) in [6.45, 7) is 1.99. The fraction of sp³-hybridized carbons (Fsp3) is 0.0952. The minimum atomic E-state index is -0.497. The van der Waals surface area contributed by atoms with E-state index in [2.05, 4.69) is 11.1 Å². The smallest absolute Gasteiger partial charge is 0.340 e. The van der Waals surface area contributed by atoms with Crippen LogP contribution in [0, 0.1) is 11.3 Å². The number of nitriles is 1. The topological polar surface area (TPSA) is 63.0 Å². The number of rotatable bonds is 5. The van der Waals surface area contributed by atoms with Crippen LogP contribution in [0.25, 0.3) is 11.3 Å². The highest BCUT2D eigenvalue weighted by Gasteiger charge is 2.20. The summed E-state index contributed by atoms with van der Waals surface area (Å²) in [4.78, 5) is 18.0. The molecule has 3 aromatic rings. The van der Waals surface area contributed by atoms with Gasteiger partial charge < -0.3 is 4.74 Å². The number of halogens is 1. The van der Waals surface area contributed by atoms with Crippen LogP contribution in [0.2, 0.25) is 5.02 Å². The number of ether oxygens (including phenoxy) is 1. The average Bonchev–Trinajstić information content (AvgIpc) is 2.70. The van der Waals surface area contributed by atoms with Crippen LogP contribution in [-0.2, 0) is 4.74 Å². The van der Waals surface area contributed by atoms with Gasteiger partial charge in [0.15, 0.2) is 0 Å². The van der Waals surface area contributed by atoms with Crippen molar-refractivity contribution in [3.63, 3.8) is 0 Å². The van der Waals surface area contributed by atoms with Crippen LogP contribution in [0.4, 0.5) is 0 Å². The predicted octanol–water partition coefficient (Wildman–Crippen LogP) is 5.60. The molecule has 0 aliphatic heterocycles. The molecule has 0 N–H and O–H groups in total. The lowest BCUT2D eigenvalue weighted by Gasteiger charge is -2.12. The Bertz CT molecular complexity index is 999. The van der Waals surface area contributed by atoms with Gasteiger partial charge in [-0.2, -0.15) is 5.26 Å². The van der Waals surface area contributed by atoms with Gasteiger partial charge in [-0.05, 0) is 37.3 Å². The Morgan fingerprint density at radius 3 is 2.52 bits per heavy atom. The summed E-state index contributed by atoms with van der Waals surface area (Å²) in [5, 5.41) is 10.7. The first kappa shape index (κ1) is 19.0. The largest absolute Gasteiger partial charge is 0.462 e. The van der Waals surface area contributed by atoms with Crippen molar-refractivity contribution in [1.82, 2.24) is 4.98 Å². The van der Waals surface area contributed by atoms with Crippen LogP contribution in [0.5, 0.6) is 0 Å². The highest BCUT2D eigenvalue weighted by Crippen LogP contribution is 2.33. The van der Waals surface area contributed by atoms with Crippen molar-refractivity contribution in [2.75, 3.05) is 6.61 Å². The molecule has 0 aliphatic carbocycles. The zero-order valence-electron chi connectivity index (χ0n) is 14.5. The number of carbonyl (C=O) groups is 1. The van der Waals surface area contributed by atoms with Crippen molar-refractivity contribution in [3.8, 4) is 17.3 Å². The molecule has 1 aromatic heterocycles. The normalized spacial score (nSPS) is 10.3. The Morgan fingerprint density at radius 2 is 1.89 bits per heavy atom. The van der Waals surface area contributed by atoms with E-state index in [1.54, 1.807) is 25.1 Å². The third-order valence-corrected chi connectivity index (χ3v) is 4.94. The Labute approximate surface area is 166 Å². The van der Waals surface area contributed by atoms with E-state index in [-0.39, 0.29) is 12.2 Å². The Morgan fingerprint density at radius 1 is 1.19 bits per heavy atom. The monoisotopic (exact) mass is 394 g/mol. The molecule has 0 saturated carbocycles. The summed E-state index contributed by atoms with van der Waals surface area (Å²) in [6.07, 6.45) is 0. The molecular formula is C21H15ClN2O2S.